The summed E-state index contributed by atoms with van der Waals surface area (Å²) >= 11 is 1.16. The van der Waals surface area contributed by atoms with E-state index in [1.54, 1.807) is 18.4 Å². The highest BCUT2D eigenvalue weighted by Gasteiger charge is 2.74. The first-order valence-electron chi connectivity index (χ1n) is 13.4. The average Bonchev–Trinajstić information content (AvgIpc) is 3.43. The molecule has 3 N–H and O–H groups in total. The van der Waals surface area contributed by atoms with E-state index in [4.69, 9.17) is 0 Å². The van der Waals surface area contributed by atoms with Gasteiger partial charge in [0.1, 0.15) is 11.4 Å². The molecule has 8 atom stereocenters. The quantitative estimate of drug-likeness (QED) is 0.476. The van der Waals surface area contributed by atoms with Gasteiger partial charge in [-0.3, -0.25) is 14.9 Å². The molecular formula is C30H32F2N2O4S. The summed E-state index contributed by atoms with van der Waals surface area (Å²) in [6, 6.07) is 5.34. The Kier molecular flexibility index (Phi) is 5.85. The molecule has 0 saturated heterocycles. The molecule has 206 valence electrons. The van der Waals surface area contributed by atoms with Crippen LogP contribution in [0.4, 0.5) is 13.9 Å². The number of nitrogens with one attached hydrogen (secondary N) is 1. The molecule has 4 aliphatic carbocycles. The molecule has 1 aromatic carbocycles. The molecule has 0 bridgehead atoms. The predicted molar refractivity (Wildman–Crippen MR) is 143 cm³/mol. The van der Waals surface area contributed by atoms with Crippen molar-refractivity contribution in [2.75, 3.05) is 5.32 Å². The number of aromatic nitrogens is 1. The lowest BCUT2D eigenvalue weighted by molar-refractivity contribution is -0.223. The summed E-state index contributed by atoms with van der Waals surface area (Å²) in [6.45, 7) is 5.62. The van der Waals surface area contributed by atoms with Gasteiger partial charge in [-0.15, -0.1) is 11.3 Å². The minimum absolute atomic E-state index is 0.0265. The fourth-order valence-corrected chi connectivity index (χ4v) is 9.16. The number of hydrogen-bond donors (Lipinski definition) is 3. The Morgan fingerprint density at radius 3 is 2.77 bits per heavy atom. The lowest BCUT2D eigenvalue weighted by Gasteiger charge is -2.62. The number of hydrogen-bond acceptors (Lipinski definition) is 6. The van der Waals surface area contributed by atoms with Crippen LogP contribution in [0.5, 0.6) is 0 Å². The normalized spacial score (nSPS) is 40.9. The molecule has 9 heteroatoms. The number of aliphatic hydroxyl groups excluding tert-OH is 1. The second kappa shape index (κ2) is 8.62. The van der Waals surface area contributed by atoms with E-state index in [9.17, 15) is 24.2 Å². The summed E-state index contributed by atoms with van der Waals surface area (Å²) in [6.07, 6.45) is 4.79. The van der Waals surface area contributed by atoms with Crippen LogP contribution in [0.1, 0.15) is 62.5 Å². The minimum Gasteiger partial charge on any atom is -0.390 e. The molecule has 1 heterocycles. The van der Waals surface area contributed by atoms with Crippen molar-refractivity contribution in [3.05, 3.63) is 70.5 Å². The summed E-state index contributed by atoms with van der Waals surface area (Å²) in [5, 5.41) is 28.6. The van der Waals surface area contributed by atoms with E-state index in [0.717, 1.165) is 23.0 Å². The molecule has 3 saturated carbocycles. The Hall–Kier alpha value is -2.75. The highest BCUT2D eigenvalue weighted by molar-refractivity contribution is 7.14. The fraction of sp³-hybridized carbons (Fsp3) is 0.500. The molecule has 39 heavy (non-hydrogen) atoms. The second-order valence-electron chi connectivity index (χ2n) is 12.2. The van der Waals surface area contributed by atoms with Gasteiger partial charge in [0.05, 0.1) is 11.8 Å². The van der Waals surface area contributed by atoms with Gasteiger partial charge >= 0.3 is 0 Å². The number of allylic oxidation sites excluding steroid dienone is 4. The zero-order chi connectivity index (χ0) is 28.0. The van der Waals surface area contributed by atoms with Crippen LogP contribution in [0.2, 0.25) is 0 Å². The molecule has 6 rings (SSSR count). The van der Waals surface area contributed by atoms with Crippen LogP contribution >= 0.6 is 11.3 Å². The summed E-state index contributed by atoms with van der Waals surface area (Å²) in [5.74, 6) is -2.24. The molecule has 8 unspecified atom stereocenters. The van der Waals surface area contributed by atoms with Crippen LogP contribution in [0, 0.1) is 34.4 Å². The lowest BCUT2D eigenvalue weighted by Crippen LogP contribution is -2.68. The molecule has 1 amide bonds. The smallest absolute Gasteiger partial charge is 0.257 e. The number of anilines is 1. The van der Waals surface area contributed by atoms with Crippen LogP contribution < -0.4 is 5.32 Å². The SMILES string of the molecule is CC1CC2C3CCC4=CC(=O)C=CC4(C)C3(F)C(O)CC2(C)C1(O)c1csc(NC(=O)c2cccc(F)c2)n1. The maximum absolute atomic E-state index is 17.4. The largest absolute Gasteiger partial charge is 0.390 e. The number of halogens is 2. The zero-order valence-electron chi connectivity index (χ0n) is 22.1. The molecule has 1 aromatic heterocycles. The number of nitrogens with zero attached hydrogens (tertiary/aromatic N) is 1. The van der Waals surface area contributed by atoms with Crippen LogP contribution in [0.3, 0.4) is 0 Å². The van der Waals surface area contributed by atoms with Gasteiger partial charge < -0.3 is 10.2 Å². The third kappa shape index (κ3) is 3.45. The van der Waals surface area contributed by atoms with Gasteiger partial charge in [0.2, 0.25) is 0 Å². The van der Waals surface area contributed by atoms with Gasteiger partial charge in [-0.25, -0.2) is 13.8 Å². The molecule has 0 spiro atoms. The van der Waals surface area contributed by atoms with E-state index < -0.39 is 45.8 Å². The number of fused-ring (bicyclic) bond motifs is 5. The highest BCUT2D eigenvalue weighted by Crippen LogP contribution is 2.72. The number of benzene rings is 1. The van der Waals surface area contributed by atoms with Crippen molar-refractivity contribution in [3.63, 3.8) is 0 Å². The van der Waals surface area contributed by atoms with Gasteiger partial charge in [-0.05, 0) is 74.8 Å². The molecule has 0 radical (unpaired) electrons. The van der Waals surface area contributed by atoms with Crippen molar-refractivity contribution < 1.29 is 28.6 Å². The minimum atomic E-state index is -1.98. The summed E-state index contributed by atoms with van der Waals surface area (Å²) in [7, 11) is 0. The van der Waals surface area contributed by atoms with E-state index in [2.05, 4.69) is 10.3 Å². The average molecular weight is 555 g/mol. The fourth-order valence-electron chi connectivity index (χ4n) is 8.40. The van der Waals surface area contributed by atoms with E-state index in [-0.39, 0.29) is 34.7 Å². The van der Waals surface area contributed by atoms with Crippen LogP contribution in [-0.4, -0.2) is 38.7 Å². The first-order valence-corrected chi connectivity index (χ1v) is 14.3. The number of ketones is 1. The van der Waals surface area contributed by atoms with Gasteiger partial charge in [-0.1, -0.05) is 31.6 Å². The molecule has 4 aliphatic rings. The first-order chi connectivity index (χ1) is 18.3. The number of aliphatic hydroxyl groups is 2. The van der Waals surface area contributed by atoms with Gasteiger partial charge in [0, 0.05) is 27.7 Å². The lowest BCUT2D eigenvalue weighted by atomic mass is 9.44. The molecular weight excluding hydrogens is 522 g/mol. The predicted octanol–water partition coefficient (Wildman–Crippen LogP) is 5.34. The van der Waals surface area contributed by atoms with Crippen LogP contribution in [0.25, 0.3) is 0 Å². The number of carbonyl (C=O) groups is 2. The van der Waals surface area contributed by atoms with E-state index in [1.807, 2.05) is 13.8 Å². The standard InChI is InChI=1S/C30H32F2N2O4S/c1-16-11-22-21-8-7-18-13-20(35)9-10-27(18,2)29(21,32)24(36)14-28(22,3)30(16,38)23-15-39-26(33-23)34-25(37)17-5-4-6-19(31)12-17/h4-6,9-10,12-13,15-16,21-22,24,36,38H,7-8,11,14H2,1-3H3,(H,33,34,37). The molecule has 2 aromatic rings. The van der Waals surface area contributed by atoms with Crippen LogP contribution in [-0.2, 0) is 10.4 Å². The van der Waals surface area contributed by atoms with E-state index in [0.29, 0.717) is 25.0 Å². The van der Waals surface area contributed by atoms with Gasteiger partial charge in [0.15, 0.2) is 16.6 Å². The third-order valence-corrected chi connectivity index (χ3v) is 11.2. The first kappa shape index (κ1) is 26.5. The Morgan fingerprint density at radius 1 is 1.26 bits per heavy atom. The van der Waals surface area contributed by atoms with Gasteiger partial charge in [-0.2, -0.15) is 0 Å². The zero-order valence-corrected chi connectivity index (χ0v) is 22.9. The highest BCUT2D eigenvalue weighted by atomic mass is 32.1. The van der Waals surface area contributed by atoms with E-state index in [1.165, 1.54) is 30.4 Å². The Labute approximate surface area is 229 Å². The van der Waals surface area contributed by atoms with Gasteiger partial charge in [0.25, 0.3) is 5.91 Å². The Bertz CT molecular complexity index is 1440. The molecule has 0 aliphatic heterocycles. The number of carbonyl (C=O) groups excluding carboxylic acids is 2. The van der Waals surface area contributed by atoms with Crippen molar-refractivity contribution in [3.8, 4) is 0 Å². The van der Waals surface area contributed by atoms with Crippen LogP contribution in [0.15, 0.2) is 53.4 Å². The molecule has 6 nitrogen and oxygen atoms in total. The maximum atomic E-state index is 17.4. The third-order valence-electron chi connectivity index (χ3n) is 10.4. The summed E-state index contributed by atoms with van der Waals surface area (Å²) < 4.78 is 30.9. The number of rotatable bonds is 3. The topological polar surface area (TPSA) is 99.5 Å². The number of alkyl halides is 1. The monoisotopic (exact) mass is 554 g/mol. The summed E-state index contributed by atoms with van der Waals surface area (Å²) in [5.41, 5.74) is -4.17. The summed E-state index contributed by atoms with van der Waals surface area (Å²) in [4.78, 5) is 29.3. The van der Waals surface area contributed by atoms with Crippen molar-refractivity contribution in [2.24, 2.45) is 28.6 Å². The van der Waals surface area contributed by atoms with Crippen molar-refractivity contribution in [1.82, 2.24) is 4.98 Å². The maximum Gasteiger partial charge on any atom is 0.257 e. The second-order valence-corrected chi connectivity index (χ2v) is 13.0. The number of thiazole rings is 1. The van der Waals surface area contributed by atoms with Crippen molar-refractivity contribution in [2.45, 2.75) is 63.8 Å². The van der Waals surface area contributed by atoms with Crippen molar-refractivity contribution in [1.29, 1.82) is 0 Å². The molecule has 3 fully saturated rings. The van der Waals surface area contributed by atoms with Crippen molar-refractivity contribution >= 4 is 28.2 Å². The van der Waals surface area contributed by atoms with E-state index >= 15 is 4.39 Å². The Morgan fingerprint density at radius 2 is 2.03 bits per heavy atom. The number of amides is 1. The Balaban J connectivity index is 1.33.